The molecule has 0 aromatic carbocycles. The Morgan fingerprint density at radius 1 is 1.00 bits per heavy atom. The van der Waals surface area contributed by atoms with Gasteiger partial charge in [-0.05, 0) is 11.8 Å². The highest BCUT2D eigenvalue weighted by Crippen LogP contribution is 2.50. The fourth-order valence-corrected chi connectivity index (χ4v) is 2.62. The van der Waals surface area contributed by atoms with Crippen molar-refractivity contribution in [1.82, 2.24) is 0 Å². The van der Waals surface area contributed by atoms with Crippen LogP contribution in [-0.4, -0.2) is 25.8 Å². The normalized spacial score (nSPS) is 18.6. The smallest absolute Gasteiger partial charge is 0.308 e. The second-order valence-corrected chi connectivity index (χ2v) is 6.91. The molecule has 0 rings (SSSR count). The Morgan fingerprint density at radius 3 is 1.67 bits per heavy atom. The average molecular weight is 286 g/mol. The zero-order chi connectivity index (χ0) is 14.2. The first-order valence-corrected chi connectivity index (χ1v) is 8.22. The SMILES string of the molecule is CCC(C)COP(=O)(CC(F)F)OCC(C)CC. The van der Waals surface area contributed by atoms with Crippen LogP contribution in [0, 0.1) is 11.8 Å². The van der Waals surface area contributed by atoms with Gasteiger partial charge in [0.25, 0.3) is 0 Å². The van der Waals surface area contributed by atoms with E-state index in [1.165, 1.54) is 0 Å². The molecule has 0 bridgehead atoms. The van der Waals surface area contributed by atoms with Crippen LogP contribution in [0.3, 0.4) is 0 Å². The summed E-state index contributed by atoms with van der Waals surface area (Å²) in [4.78, 5) is 0. The van der Waals surface area contributed by atoms with E-state index < -0.39 is 20.2 Å². The van der Waals surface area contributed by atoms with E-state index in [0.717, 1.165) is 12.8 Å². The molecule has 0 aromatic rings. The van der Waals surface area contributed by atoms with E-state index in [2.05, 4.69) is 0 Å². The molecule has 0 fully saturated rings. The number of rotatable bonds is 10. The third-order valence-corrected chi connectivity index (χ3v) is 4.68. The Bertz CT molecular complexity index is 244. The van der Waals surface area contributed by atoms with Gasteiger partial charge in [-0.3, -0.25) is 4.57 Å². The van der Waals surface area contributed by atoms with E-state index in [9.17, 15) is 13.3 Å². The van der Waals surface area contributed by atoms with Gasteiger partial charge in [0.1, 0.15) is 6.16 Å². The van der Waals surface area contributed by atoms with Crippen molar-refractivity contribution in [3.8, 4) is 0 Å². The maximum absolute atomic E-state index is 12.4. The predicted octanol–water partition coefficient (Wildman–Crippen LogP) is 4.57. The van der Waals surface area contributed by atoms with Crippen LogP contribution in [0.15, 0.2) is 0 Å². The van der Waals surface area contributed by atoms with Gasteiger partial charge in [-0.2, -0.15) is 0 Å². The van der Waals surface area contributed by atoms with Crippen molar-refractivity contribution in [3.05, 3.63) is 0 Å². The molecule has 6 heteroatoms. The molecule has 110 valence electrons. The van der Waals surface area contributed by atoms with E-state index in [1.807, 2.05) is 27.7 Å². The summed E-state index contributed by atoms with van der Waals surface area (Å²) in [5.41, 5.74) is 0. The van der Waals surface area contributed by atoms with Crippen molar-refractivity contribution in [3.63, 3.8) is 0 Å². The number of halogens is 2. The topological polar surface area (TPSA) is 35.5 Å². The second-order valence-electron chi connectivity index (χ2n) is 4.80. The standard InChI is InChI=1S/C12H25F2O3P/c1-5-10(3)7-16-18(15,9-12(13)14)17-8-11(4)6-2/h10-12H,5-9H2,1-4H3. The Morgan fingerprint density at radius 2 is 1.39 bits per heavy atom. The van der Waals surface area contributed by atoms with E-state index in [4.69, 9.17) is 9.05 Å². The van der Waals surface area contributed by atoms with Crippen molar-refractivity contribution < 1.29 is 22.4 Å². The van der Waals surface area contributed by atoms with Crippen LogP contribution >= 0.6 is 7.60 Å². The van der Waals surface area contributed by atoms with Gasteiger partial charge in [0.05, 0.1) is 13.2 Å². The third kappa shape index (κ3) is 8.17. The maximum atomic E-state index is 12.4. The van der Waals surface area contributed by atoms with Gasteiger partial charge in [-0.25, -0.2) is 8.78 Å². The molecule has 2 unspecified atom stereocenters. The molecule has 0 spiro atoms. The van der Waals surface area contributed by atoms with Gasteiger partial charge < -0.3 is 9.05 Å². The van der Waals surface area contributed by atoms with Gasteiger partial charge in [0.2, 0.25) is 6.43 Å². The Labute approximate surface area is 109 Å². The summed E-state index contributed by atoms with van der Waals surface area (Å²) < 4.78 is 47.2. The second kappa shape index (κ2) is 9.00. The highest BCUT2D eigenvalue weighted by atomic mass is 31.2. The molecular weight excluding hydrogens is 261 g/mol. The molecule has 18 heavy (non-hydrogen) atoms. The summed E-state index contributed by atoms with van der Waals surface area (Å²) in [7, 11) is -3.66. The van der Waals surface area contributed by atoms with Gasteiger partial charge in [0, 0.05) is 0 Å². The summed E-state index contributed by atoms with van der Waals surface area (Å²) in [6.07, 6.45) is -1.80. The molecule has 0 saturated heterocycles. The number of alkyl halides is 2. The Hall–Kier alpha value is 0.01000. The fraction of sp³-hybridized carbons (Fsp3) is 1.00. The van der Waals surface area contributed by atoms with Gasteiger partial charge in [0.15, 0.2) is 0 Å². The lowest BCUT2D eigenvalue weighted by Gasteiger charge is -2.21. The summed E-state index contributed by atoms with van der Waals surface area (Å²) in [5, 5.41) is 0. The van der Waals surface area contributed by atoms with Crippen LogP contribution in [0.4, 0.5) is 8.78 Å². The van der Waals surface area contributed by atoms with Crippen molar-refractivity contribution >= 4 is 7.60 Å². The molecule has 0 aliphatic carbocycles. The Balaban J connectivity index is 4.38. The van der Waals surface area contributed by atoms with Crippen LogP contribution < -0.4 is 0 Å². The fourth-order valence-electron chi connectivity index (χ4n) is 1.03. The largest absolute Gasteiger partial charge is 0.336 e. The van der Waals surface area contributed by atoms with Gasteiger partial charge in [-0.1, -0.05) is 40.5 Å². The summed E-state index contributed by atoms with van der Waals surface area (Å²) in [5.74, 6) is 0.367. The molecular formula is C12H25F2O3P. The highest BCUT2D eigenvalue weighted by molar-refractivity contribution is 7.53. The molecule has 0 aliphatic rings. The first-order valence-electron chi connectivity index (χ1n) is 6.49. The molecule has 3 nitrogen and oxygen atoms in total. The van der Waals surface area contributed by atoms with Crippen molar-refractivity contribution in [2.24, 2.45) is 11.8 Å². The lowest BCUT2D eigenvalue weighted by molar-refractivity contribution is 0.132. The molecule has 0 N–H and O–H groups in total. The van der Waals surface area contributed by atoms with Gasteiger partial charge >= 0.3 is 7.60 Å². The maximum Gasteiger partial charge on any atom is 0.336 e. The zero-order valence-electron chi connectivity index (χ0n) is 11.7. The van der Waals surface area contributed by atoms with E-state index in [-0.39, 0.29) is 25.0 Å². The van der Waals surface area contributed by atoms with Crippen LogP contribution in [0.1, 0.15) is 40.5 Å². The summed E-state index contributed by atoms with van der Waals surface area (Å²) in [6.45, 7) is 8.16. The van der Waals surface area contributed by atoms with Crippen LogP contribution in [-0.2, 0) is 13.6 Å². The summed E-state index contributed by atoms with van der Waals surface area (Å²) >= 11 is 0. The molecule has 0 aromatic heterocycles. The van der Waals surface area contributed by atoms with E-state index in [1.54, 1.807) is 0 Å². The quantitative estimate of drug-likeness (QED) is 0.552. The van der Waals surface area contributed by atoms with Crippen LogP contribution in [0.2, 0.25) is 0 Å². The van der Waals surface area contributed by atoms with Crippen molar-refractivity contribution in [1.29, 1.82) is 0 Å². The monoisotopic (exact) mass is 286 g/mol. The Kier molecular flexibility index (Phi) is 9.01. The van der Waals surface area contributed by atoms with Crippen LogP contribution in [0.5, 0.6) is 0 Å². The number of hydrogen-bond donors (Lipinski definition) is 0. The van der Waals surface area contributed by atoms with Crippen molar-refractivity contribution in [2.75, 3.05) is 19.4 Å². The minimum atomic E-state index is -3.66. The minimum absolute atomic E-state index is 0.184. The first-order chi connectivity index (χ1) is 8.33. The lowest BCUT2D eigenvalue weighted by atomic mass is 10.1. The molecule has 0 saturated carbocycles. The number of hydrogen-bond acceptors (Lipinski definition) is 3. The molecule has 0 heterocycles. The molecule has 2 atom stereocenters. The summed E-state index contributed by atoms with van der Waals surface area (Å²) in [6, 6.07) is 0. The highest BCUT2D eigenvalue weighted by Gasteiger charge is 2.30. The van der Waals surface area contributed by atoms with Crippen molar-refractivity contribution in [2.45, 2.75) is 47.0 Å². The third-order valence-electron chi connectivity index (χ3n) is 2.87. The molecule has 0 aliphatic heterocycles. The first kappa shape index (κ1) is 18.0. The van der Waals surface area contributed by atoms with E-state index >= 15 is 0 Å². The molecule has 0 amide bonds. The van der Waals surface area contributed by atoms with Crippen LogP contribution in [0.25, 0.3) is 0 Å². The zero-order valence-corrected chi connectivity index (χ0v) is 12.6. The predicted molar refractivity (Wildman–Crippen MR) is 69.3 cm³/mol. The average Bonchev–Trinajstić information content (AvgIpc) is 2.32. The lowest BCUT2D eigenvalue weighted by Crippen LogP contribution is -2.13. The van der Waals surface area contributed by atoms with E-state index in [0.29, 0.717) is 0 Å². The van der Waals surface area contributed by atoms with Gasteiger partial charge in [-0.15, -0.1) is 0 Å². The minimum Gasteiger partial charge on any atom is -0.308 e. The molecule has 0 radical (unpaired) electrons.